The van der Waals surface area contributed by atoms with Crippen LogP contribution in [0.3, 0.4) is 0 Å². The Kier molecular flexibility index (Phi) is 3.91. The summed E-state index contributed by atoms with van der Waals surface area (Å²) in [5.74, 6) is 0. The van der Waals surface area contributed by atoms with Crippen molar-refractivity contribution in [1.29, 1.82) is 0 Å². The zero-order valence-electron chi connectivity index (χ0n) is 19.3. The molecule has 0 saturated heterocycles. The number of hydrogen-bond donors (Lipinski definition) is 0. The smallest absolute Gasteiger partial charge is 0.116 e. The summed E-state index contributed by atoms with van der Waals surface area (Å²) in [6.07, 6.45) is 1.85. The van der Waals surface area contributed by atoms with Gasteiger partial charge < -0.3 is 9.13 Å². The fraction of sp³-hybridized carbons (Fsp3) is 0. The largest absolute Gasteiger partial charge is 0.308 e. The van der Waals surface area contributed by atoms with E-state index in [2.05, 4.69) is 112 Å². The standard InChI is InChI=1S/C32H20N4/c1-2-11-23(12-3-1)35-27-15-8-18-33-31(27)32-29(35)20-28-30(34-32)25-13-6-7-14-26(25)36(28)24-17-16-21-9-4-5-10-22(21)19-24/h1-20H. The van der Waals surface area contributed by atoms with Crippen LogP contribution in [-0.2, 0) is 0 Å². The highest BCUT2D eigenvalue weighted by atomic mass is 15.0. The van der Waals surface area contributed by atoms with Crippen molar-refractivity contribution in [3.63, 3.8) is 0 Å². The third-order valence-electron chi connectivity index (χ3n) is 7.12. The van der Waals surface area contributed by atoms with Gasteiger partial charge in [0.2, 0.25) is 0 Å². The van der Waals surface area contributed by atoms with Gasteiger partial charge in [-0.25, -0.2) is 4.98 Å². The van der Waals surface area contributed by atoms with Crippen LogP contribution < -0.4 is 0 Å². The third-order valence-corrected chi connectivity index (χ3v) is 7.12. The normalized spacial score (nSPS) is 11.9. The van der Waals surface area contributed by atoms with Crippen molar-refractivity contribution in [3.8, 4) is 11.4 Å². The number of benzene rings is 4. The second kappa shape index (κ2) is 7.27. The van der Waals surface area contributed by atoms with E-state index in [4.69, 9.17) is 9.97 Å². The van der Waals surface area contributed by atoms with Crippen molar-refractivity contribution in [2.45, 2.75) is 0 Å². The van der Waals surface area contributed by atoms with Gasteiger partial charge >= 0.3 is 0 Å². The molecule has 4 aromatic heterocycles. The number of pyridine rings is 2. The number of rotatable bonds is 2. The van der Waals surface area contributed by atoms with Crippen molar-refractivity contribution < 1.29 is 0 Å². The number of para-hydroxylation sites is 2. The topological polar surface area (TPSA) is 35.6 Å². The summed E-state index contributed by atoms with van der Waals surface area (Å²) in [6.45, 7) is 0. The fourth-order valence-electron chi connectivity index (χ4n) is 5.54. The third kappa shape index (κ3) is 2.64. The van der Waals surface area contributed by atoms with Crippen LogP contribution in [0.25, 0.3) is 66.2 Å². The van der Waals surface area contributed by atoms with E-state index in [0.29, 0.717) is 0 Å². The molecule has 0 fully saturated rings. The highest BCUT2D eigenvalue weighted by Gasteiger charge is 2.20. The fourth-order valence-corrected chi connectivity index (χ4v) is 5.54. The quantitative estimate of drug-likeness (QED) is 0.264. The van der Waals surface area contributed by atoms with Crippen LogP contribution in [0.1, 0.15) is 0 Å². The zero-order chi connectivity index (χ0) is 23.6. The van der Waals surface area contributed by atoms with Crippen molar-refractivity contribution in [2.75, 3.05) is 0 Å². The molecule has 8 rings (SSSR count). The summed E-state index contributed by atoms with van der Waals surface area (Å²) in [4.78, 5) is 10.0. The van der Waals surface area contributed by atoms with Gasteiger partial charge in [0.05, 0.1) is 27.6 Å². The van der Waals surface area contributed by atoms with Crippen LogP contribution in [0.4, 0.5) is 0 Å². The summed E-state index contributed by atoms with van der Waals surface area (Å²) in [5, 5.41) is 3.59. The molecule has 4 heterocycles. The SMILES string of the molecule is c1ccc(-n2c3cccnc3c3nc4c5ccccc5n(-c5ccc6ccccc6c5)c4cc32)cc1. The summed E-state index contributed by atoms with van der Waals surface area (Å²) >= 11 is 0. The molecule has 0 bridgehead atoms. The Morgan fingerprint density at radius 3 is 2.08 bits per heavy atom. The second-order valence-corrected chi connectivity index (χ2v) is 9.15. The number of aromatic nitrogens is 4. The Morgan fingerprint density at radius 1 is 0.444 bits per heavy atom. The van der Waals surface area contributed by atoms with E-state index < -0.39 is 0 Å². The van der Waals surface area contributed by atoms with E-state index in [0.717, 1.165) is 55.4 Å². The molecule has 4 aromatic carbocycles. The first-order valence-electron chi connectivity index (χ1n) is 12.1. The molecule has 0 radical (unpaired) electrons. The van der Waals surface area contributed by atoms with Gasteiger partial charge in [0, 0.05) is 23.0 Å². The van der Waals surface area contributed by atoms with Crippen LogP contribution in [0.5, 0.6) is 0 Å². The molecule has 0 N–H and O–H groups in total. The van der Waals surface area contributed by atoms with Crippen molar-refractivity contribution in [3.05, 3.63) is 121 Å². The predicted octanol–water partition coefficient (Wildman–Crippen LogP) is 7.82. The second-order valence-electron chi connectivity index (χ2n) is 9.15. The molecule has 36 heavy (non-hydrogen) atoms. The van der Waals surface area contributed by atoms with E-state index in [9.17, 15) is 0 Å². The predicted molar refractivity (Wildman–Crippen MR) is 148 cm³/mol. The Labute approximate surface area is 206 Å². The van der Waals surface area contributed by atoms with Crippen LogP contribution in [-0.4, -0.2) is 19.1 Å². The molecule has 0 spiro atoms. The first-order valence-corrected chi connectivity index (χ1v) is 12.1. The summed E-state index contributed by atoms with van der Waals surface area (Å²) in [7, 11) is 0. The molecular weight excluding hydrogens is 440 g/mol. The lowest BCUT2D eigenvalue weighted by molar-refractivity contribution is 1.16. The van der Waals surface area contributed by atoms with Gasteiger partial charge in [-0.15, -0.1) is 0 Å². The first-order chi connectivity index (χ1) is 17.9. The van der Waals surface area contributed by atoms with Gasteiger partial charge in [-0.3, -0.25) is 4.98 Å². The maximum atomic E-state index is 5.28. The van der Waals surface area contributed by atoms with Gasteiger partial charge in [-0.2, -0.15) is 0 Å². The highest BCUT2D eigenvalue weighted by Crippen LogP contribution is 2.37. The van der Waals surface area contributed by atoms with Crippen LogP contribution >= 0.6 is 0 Å². The molecule has 168 valence electrons. The molecule has 0 unspecified atom stereocenters. The van der Waals surface area contributed by atoms with Gasteiger partial charge in [-0.05, 0) is 59.3 Å². The number of hydrogen-bond acceptors (Lipinski definition) is 2. The summed E-state index contributed by atoms with van der Waals surface area (Å²) in [6, 6.07) is 40.5. The van der Waals surface area contributed by atoms with Crippen LogP contribution in [0, 0.1) is 0 Å². The number of fused-ring (bicyclic) bond motifs is 7. The highest BCUT2D eigenvalue weighted by molar-refractivity contribution is 6.14. The summed E-state index contributed by atoms with van der Waals surface area (Å²) in [5.41, 5.74) is 9.38. The number of nitrogens with zero attached hydrogens (tertiary/aromatic N) is 4. The van der Waals surface area contributed by atoms with Crippen LogP contribution in [0.2, 0.25) is 0 Å². The Morgan fingerprint density at radius 2 is 1.17 bits per heavy atom. The minimum atomic E-state index is 0.917. The minimum absolute atomic E-state index is 0.917. The first kappa shape index (κ1) is 19.4. The zero-order valence-corrected chi connectivity index (χ0v) is 19.3. The molecule has 0 aliphatic heterocycles. The lowest BCUT2D eigenvalue weighted by Gasteiger charge is -2.10. The van der Waals surface area contributed by atoms with E-state index in [-0.39, 0.29) is 0 Å². The minimum Gasteiger partial charge on any atom is -0.308 e. The molecule has 4 nitrogen and oxygen atoms in total. The van der Waals surface area contributed by atoms with E-state index in [1.54, 1.807) is 0 Å². The van der Waals surface area contributed by atoms with Gasteiger partial charge in [0.15, 0.2) is 0 Å². The van der Waals surface area contributed by atoms with Crippen molar-refractivity contribution in [1.82, 2.24) is 19.1 Å². The monoisotopic (exact) mass is 460 g/mol. The molecule has 0 aliphatic rings. The Hall–Kier alpha value is -4.96. The van der Waals surface area contributed by atoms with E-state index in [1.807, 2.05) is 18.3 Å². The molecule has 0 atom stereocenters. The molecule has 4 heteroatoms. The average Bonchev–Trinajstić information content (AvgIpc) is 3.44. The molecule has 0 amide bonds. The molecule has 0 aliphatic carbocycles. The maximum Gasteiger partial charge on any atom is 0.116 e. The van der Waals surface area contributed by atoms with Gasteiger partial charge in [-0.1, -0.05) is 66.7 Å². The Balaban J connectivity index is 1.55. The average molecular weight is 461 g/mol. The lowest BCUT2D eigenvalue weighted by Crippen LogP contribution is -1.96. The summed E-state index contributed by atoms with van der Waals surface area (Å²) < 4.78 is 4.61. The molecule has 0 saturated carbocycles. The maximum absolute atomic E-state index is 5.28. The van der Waals surface area contributed by atoms with E-state index >= 15 is 0 Å². The van der Waals surface area contributed by atoms with E-state index in [1.165, 1.54) is 10.8 Å². The van der Waals surface area contributed by atoms with Crippen molar-refractivity contribution >= 4 is 54.8 Å². The molecule has 8 aromatic rings. The molecular formula is C32H20N4. The van der Waals surface area contributed by atoms with Gasteiger partial charge in [0.1, 0.15) is 11.0 Å². The lowest BCUT2D eigenvalue weighted by atomic mass is 10.1. The Bertz CT molecular complexity index is 2100. The van der Waals surface area contributed by atoms with Crippen LogP contribution in [0.15, 0.2) is 121 Å². The van der Waals surface area contributed by atoms with Gasteiger partial charge in [0.25, 0.3) is 0 Å². The van der Waals surface area contributed by atoms with Crippen molar-refractivity contribution in [2.24, 2.45) is 0 Å².